The number of hydrogen-bond donors (Lipinski definition) is 3. The Morgan fingerprint density at radius 2 is 2.18 bits per heavy atom. The SMILES string of the molecule is C[C@H]1O[C@@](Cl)(n2ccc(=O)[nH]c2=O)[C@H](O)[C@@H]1O. The van der Waals surface area contributed by atoms with Gasteiger partial charge in [-0.3, -0.25) is 14.3 Å². The molecule has 0 aromatic carbocycles. The van der Waals surface area contributed by atoms with Crippen LogP contribution in [0.4, 0.5) is 0 Å². The minimum Gasteiger partial charge on any atom is -0.387 e. The van der Waals surface area contributed by atoms with E-state index in [0.29, 0.717) is 0 Å². The highest BCUT2D eigenvalue weighted by atomic mass is 35.5. The highest BCUT2D eigenvalue weighted by molar-refractivity contribution is 6.21. The van der Waals surface area contributed by atoms with Crippen molar-refractivity contribution in [3.8, 4) is 0 Å². The van der Waals surface area contributed by atoms with Crippen LogP contribution in [0.2, 0.25) is 0 Å². The number of aromatic nitrogens is 2. The van der Waals surface area contributed by atoms with Gasteiger partial charge in [-0.15, -0.1) is 0 Å². The Kier molecular flexibility index (Phi) is 2.86. The fourth-order valence-corrected chi connectivity index (χ4v) is 2.13. The Bertz CT molecular complexity index is 541. The molecule has 8 heteroatoms. The van der Waals surface area contributed by atoms with Crippen LogP contribution >= 0.6 is 11.6 Å². The molecule has 0 amide bonds. The summed E-state index contributed by atoms with van der Waals surface area (Å²) in [6, 6.07) is 1.07. The van der Waals surface area contributed by atoms with E-state index in [0.717, 1.165) is 16.8 Å². The Labute approximate surface area is 100 Å². The maximum atomic E-state index is 11.5. The second kappa shape index (κ2) is 3.95. The molecule has 2 rings (SSSR count). The van der Waals surface area contributed by atoms with Gasteiger partial charge in [0.15, 0.2) is 0 Å². The fraction of sp³-hybridized carbons (Fsp3) is 0.556. The number of H-pyrrole nitrogens is 1. The van der Waals surface area contributed by atoms with E-state index in [-0.39, 0.29) is 0 Å². The molecule has 4 atom stereocenters. The molecule has 0 aliphatic carbocycles. The Hall–Kier alpha value is -1.15. The first-order chi connectivity index (χ1) is 7.86. The molecule has 0 bridgehead atoms. The first kappa shape index (κ1) is 12.3. The van der Waals surface area contributed by atoms with Crippen molar-refractivity contribution in [3.63, 3.8) is 0 Å². The fourth-order valence-electron chi connectivity index (χ4n) is 1.72. The van der Waals surface area contributed by atoms with Crippen LogP contribution in [0.25, 0.3) is 0 Å². The molecule has 0 saturated carbocycles. The third kappa shape index (κ3) is 1.81. The highest BCUT2D eigenvalue weighted by Crippen LogP contribution is 2.37. The number of rotatable bonds is 1. The van der Waals surface area contributed by atoms with Gasteiger partial charge in [-0.25, -0.2) is 4.79 Å². The van der Waals surface area contributed by atoms with Crippen molar-refractivity contribution >= 4 is 11.6 Å². The van der Waals surface area contributed by atoms with Crippen molar-refractivity contribution in [1.29, 1.82) is 0 Å². The van der Waals surface area contributed by atoms with Gasteiger partial charge in [0.1, 0.15) is 12.2 Å². The van der Waals surface area contributed by atoms with Crippen LogP contribution in [-0.4, -0.2) is 38.1 Å². The summed E-state index contributed by atoms with van der Waals surface area (Å²) in [5.41, 5.74) is -1.42. The predicted molar refractivity (Wildman–Crippen MR) is 57.7 cm³/mol. The van der Waals surface area contributed by atoms with Crippen molar-refractivity contribution in [2.75, 3.05) is 0 Å². The van der Waals surface area contributed by atoms with Crippen molar-refractivity contribution in [2.45, 2.75) is 30.4 Å². The number of aliphatic hydroxyl groups excluding tert-OH is 2. The van der Waals surface area contributed by atoms with Gasteiger partial charge >= 0.3 is 5.69 Å². The lowest BCUT2D eigenvalue weighted by molar-refractivity contribution is -0.0740. The summed E-state index contributed by atoms with van der Waals surface area (Å²) in [4.78, 5) is 24.4. The van der Waals surface area contributed by atoms with Crippen LogP contribution in [-0.2, 0) is 9.92 Å². The molecular formula is C9H11ClN2O5. The average Bonchev–Trinajstić information content (AvgIpc) is 2.43. The van der Waals surface area contributed by atoms with E-state index in [2.05, 4.69) is 0 Å². The van der Waals surface area contributed by atoms with Crippen molar-refractivity contribution < 1.29 is 14.9 Å². The Balaban J connectivity index is 2.53. The lowest BCUT2D eigenvalue weighted by atomic mass is 10.1. The van der Waals surface area contributed by atoms with Gasteiger partial charge in [-0.2, -0.15) is 0 Å². The molecule has 1 fully saturated rings. The first-order valence-electron chi connectivity index (χ1n) is 4.91. The van der Waals surface area contributed by atoms with Crippen molar-refractivity contribution in [2.24, 2.45) is 0 Å². The summed E-state index contributed by atoms with van der Waals surface area (Å²) in [5.74, 6) is 0. The second-order valence-electron chi connectivity index (χ2n) is 3.85. The van der Waals surface area contributed by atoms with Gasteiger partial charge in [0, 0.05) is 12.3 Å². The zero-order valence-corrected chi connectivity index (χ0v) is 9.59. The zero-order valence-electron chi connectivity index (χ0n) is 8.83. The number of alkyl halides is 1. The zero-order chi connectivity index (χ0) is 12.8. The largest absolute Gasteiger partial charge is 0.387 e. The molecule has 0 unspecified atom stereocenters. The van der Waals surface area contributed by atoms with Gasteiger partial charge in [0.25, 0.3) is 10.7 Å². The Morgan fingerprint density at radius 1 is 1.53 bits per heavy atom. The smallest absolute Gasteiger partial charge is 0.331 e. The molecule has 17 heavy (non-hydrogen) atoms. The molecule has 1 aromatic heterocycles. The molecule has 1 aliphatic rings. The van der Waals surface area contributed by atoms with E-state index in [4.69, 9.17) is 16.3 Å². The maximum Gasteiger partial charge on any atom is 0.331 e. The minimum atomic E-state index is -1.92. The second-order valence-corrected chi connectivity index (χ2v) is 4.39. The van der Waals surface area contributed by atoms with Crippen LogP contribution in [0.1, 0.15) is 6.92 Å². The third-order valence-corrected chi connectivity index (χ3v) is 3.17. The molecule has 1 aliphatic heterocycles. The number of aliphatic hydroxyl groups is 2. The van der Waals surface area contributed by atoms with Crippen LogP contribution in [0.15, 0.2) is 21.9 Å². The van der Waals surface area contributed by atoms with E-state index in [9.17, 15) is 19.8 Å². The van der Waals surface area contributed by atoms with E-state index in [1.807, 2.05) is 4.98 Å². The normalized spacial score (nSPS) is 37.3. The summed E-state index contributed by atoms with van der Waals surface area (Å²) in [6.45, 7) is 1.51. The molecular weight excluding hydrogens is 252 g/mol. The van der Waals surface area contributed by atoms with Gasteiger partial charge in [0.2, 0.25) is 0 Å². The number of aromatic amines is 1. The third-order valence-electron chi connectivity index (χ3n) is 2.67. The van der Waals surface area contributed by atoms with E-state index in [1.54, 1.807) is 0 Å². The van der Waals surface area contributed by atoms with Crippen LogP contribution in [0.3, 0.4) is 0 Å². The molecule has 7 nitrogen and oxygen atoms in total. The number of hydrogen-bond acceptors (Lipinski definition) is 5. The maximum absolute atomic E-state index is 11.5. The predicted octanol–water partition coefficient (Wildman–Crippen LogP) is -1.47. The molecule has 3 N–H and O–H groups in total. The van der Waals surface area contributed by atoms with E-state index >= 15 is 0 Å². The Morgan fingerprint density at radius 3 is 2.65 bits per heavy atom. The van der Waals surface area contributed by atoms with Crippen LogP contribution < -0.4 is 11.2 Å². The standard InChI is InChI=1S/C9H11ClN2O5/c1-4-6(14)7(15)9(10,17-4)12-3-2-5(13)11-8(12)16/h2-4,6-7,14-15H,1H3,(H,11,13,16)/t4-,6-,7-,9+/m1/s1. The molecule has 2 heterocycles. The van der Waals surface area contributed by atoms with Crippen molar-refractivity contribution in [1.82, 2.24) is 9.55 Å². The summed E-state index contributed by atoms with van der Waals surface area (Å²) in [6.07, 6.45) is -2.34. The van der Waals surface area contributed by atoms with E-state index in [1.165, 1.54) is 6.92 Å². The molecule has 1 saturated heterocycles. The summed E-state index contributed by atoms with van der Waals surface area (Å²) < 4.78 is 6.01. The molecule has 0 spiro atoms. The van der Waals surface area contributed by atoms with Crippen LogP contribution in [0.5, 0.6) is 0 Å². The number of ether oxygens (including phenoxy) is 1. The monoisotopic (exact) mass is 262 g/mol. The number of nitrogens with one attached hydrogen (secondary N) is 1. The number of halogens is 1. The molecule has 1 aromatic rings. The van der Waals surface area contributed by atoms with Gasteiger partial charge in [0.05, 0.1) is 6.10 Å². The van der Waals surface area contributed by atoms with Gasteiger partial charge in [-0.05, 0) is 6.92 Å². The number of nitrogens with zero attached hydrogens (tertiary/aromatic N) is 1. The molecule has 0 radical (unpaired) electrons. The summed E-state index contributed by atoms with van der Waals surface area (Å²) >= 11 is 6.00. The average molecular weight is 263 g/mol. The highest BCUT2D eigenvalue weighted by Gasteiger charge is 2.53. The topological polar surface area (TPSA) is 105 Å². The summed E-state index contributed by atoms with van der Waals surface area (Å²) in [7, 11) is 0. The van der Waals surface area contributed by atoms with Crippen molar-refractivity contribution in [3.05, 3.63) is 33.1 Å². The minimum absolute atomic E-state index is 0.590. The lowest BCUT2D eigenvalue weighted by Crippen LogP contribution is -2.47. The van der Waals surface area contributed by atoms with Gasteiger partial charge in [-0.1, -0.05) is 11.6 Å². The molecule has 94 valence electrons. The quantitative estimate of drug-likeness (QED) is 0.536. The lowest BCUT2D eigenvalue weighted by Gasteiger charge is -2.26. The van der Waals surface area contributed by atoms with E-state index < -0.39 is 34.7 Å². The first-order valence-corrected chi connectivity index (χ1v) is 5.29. The summed E-state index contributed by atoms with van der Waals surface area (Å²) in [5, 5.41) is 17.4. The van der Waals surface area contributed by atoms with Crippen LogP contribution in [0, 0.1) is 0 Å². The van der Waals surface area contributed by atoms with Gasteiger partial charge < -0.3 is 14.9 Å².